The molecule has 28 heavy (non-hydrogen) atoms. The zero-order valence-electron chi connectivity index (χ0n) is 14.7. The van der Waals surface area contributed by atoms with Crippen molar-refractivity contribution < 1.29 is 9.59 Å². The number of aryl methyl sites for hydroxylation is 1. The number of nitrogens with zero attached hydrogens (tertiary/aromatic N) is 4. The fraction of sp³-hybridized carbons (Fsp3) is 0.0526. The van der Waals surface area contributed by atoms with Crippen LogP contribution in [0.2, 0.25) is 0 Å². The lowest BCUT2D eigenvalue weighted by molar-refractivity contribution is 0.0996. The molecule has 4 aromatic rings. The Balaban J connectivity index is 2.05. The molecule has 0 saturated carbocycles. The standard InChI is InChI=1S/C19H14N6O3/c1-10-5-7-12(8-6-10)25-18-15(23-19(25)28)14(16(20)27)22-17(24-18)13-4-2-3-11(9-26)21-13/h2-9H,1H3,(H2,20,27)(H,23,28). The second-order valence-electron chi connectivity index (χ2n) is 6.13. The molecule has 0 unspecified atom stereocenters. The number of hydrogen-bond acceptors (Lipinski definition) is 6. The number of amides is 1. The predicted octanol–water partition coefficient (Wildman–Crippen LogP) is 1.39. The highest BCUT2D eigenvalue weighted by molar-refractivity contribution is 6.02. The number of nitrogens with two attached hydrogens (primary N) is 1. The fourth-order valence-electron chi connectivity index (χ4n) is 2.85. The molecule has 0 aliphatic rings. The zero-order chi connectivity index (χ0) is 19.8. The van der Waals surface area contributed by atoms with E-state index in [1.165, 1.54) is 10.6 Å². The van der Waals surface area contributed by atoms with Crippen LogP contribution in [0.15, 0.2) is 47.3 Å². The summed E-state index contributed by atoms with van der Waals surface area (Å²) in [7, 11) is 0. The van der Waals surface area contributed by atoms with E-state index in [1.807, 2.05) is 19.1 Å². The van der Waals surface area contributed by atoms with Gasteiger partial charge in [0, 0.05) is 0 Å². The largest absolute Gasteiger partial charge is 0.364 e. The third kappa shape index (κ3) is 2.84. The van der Waals surface area contributed by atoms with Gasteiger partial charge >= 0.3 is 5.69 Å². The van der Waals surface area contributed by atoms with Gasteiger partial charge in [-0.25, -0.2) is 24.3 Å². The lowest BCUT2D eigenvalue weighted by Crippen LogP contribution is -2.15. The van der Waals surface area contributed by atoms with Gasteiger partial charge in [0.15, 0.2) is 23.5 Å². The maximum atomic E-state index is 12.6. The van der Waals surface area contributed by atoms with E-state index in [4.69, 9.17) is 5.73 Å². The molecule has 0 spiro atoms. The van der Waals surface area contributed by atoms with Crippen LogP contribution in [0.1, 0.15) is 26.5 Å². The molecule has 0 atom stereocenters. The monoisotopic (exact) mass is 374 g/mol. The maximum Gasteiger partial charge on any atom is 0.332 e. The summed E-state index contributed by atoms with van der Waals surface area (Å²) in [6.45, 7) is 1.93. The van der Waals surface area contributed by atoms with Crippen molar-refractivity contribution in [2.24, 2.45) is 5.73 Å². The molecular weight excluding hydrogens is 360 g/mol. The Labute approximate surface area is 157 Å². The molecule has 9 heteroatoms. The van der Waals surface area contributed by atoms with Gasteiger partial charge < -0.3 is 10.7 Å². The minimum Gasteiger partial charge on any atom is -0.364 e. The van der Waals surface area contributed by atoms with Crippen molar-refractivity contribution in [3.63, 3.8) is 0 Å². The van der Waals surface area contributed by atoms with Crippen LogP contribution in [-0.4, -0.2) is 36.7 Å². The van der Waals surface area contributed by atoms with Crippen molar-refractivity contribution in [3.05, 3.63) is 69.9 Å². The van der Waals surface area contributed by atoms with Gasteiger partial charge in [0.2, 0.25) is 0 Å². The van der Waals surface area contributed by atoms with Gasteiger partial charge in [-0.2, -0.15) is 0 Å². The zero-order valence-corrected chi connectivity index (χ0v) is 14.7. The fourth-order valence-corrected chi connectivity index (χ4v) is 2.85. The van der Waals surface area contributed by atoms with Crippen molar-refractivity contribution in [3.8, 4) is 17.2 Å². The third-order valence-electron chi connectivity index (χ3n) is 4.18. The lowest BCUT2D eigenvalue weighted by atomic mass is 10.2. The van der Waals surface area contributed by atoms with Crippen molar-refractivity contribution in [2.45, 2.75) is 6.92 Å². The number of nitrogens with one attached hydrogen (secondary N) is 1. The van der Waals surface area contributed by atoms with Gasteiger partial charge in [-0.15, -0.1) is 0 Å². The van der Waals surface area contributed by atoms with Gasteiger partial charge in [-0.05, 0) is 31.2 Å². The van der Waals surface area contributed by atoms with Crippen LogP contribution >= 0.6 is 0 Å². The third-order valence-corrected chi connectivity index (χ3v) is 4.18. The quantitative estimate of drug-likeness (QED) is 0.518. The van der Waals surface area contributed by atoms with E-state index in [0.29, 0.717) is 12.0 Å². The summed E-state index contributed by atoms with van der Waals surface area (Å²) >= 11 is 0. The molecule has 3 N–H and O–H groups in total. The summed E-state index contributed by atoms with van der Waals surface area (Å²) in [5.41, 5.74) is 7.22. The lowest BCUT2D eigenvalue weighted by Gasteiger charge is -2.06. The summed E-state index contributed by atoms with van der Waals surface area (Å²) in [5.74, 6) is -0.748. The van der Waals surface area contributed by atoms with Crippen LogP contribution in [0.5, 0.6) is 0 Å². The number of primary amides is 1. The Morgan fingerprint density at radius 1 is 1.11 bits per heavy atom. The summed E-state index contributed by atoms with van der Waals surface area (Å²) in [4.78, 5) is 50.9. The van der Waals surface area contributed by atoms with E-state index >= 15 is 0 Å². The van der Waals surface area contributed by atoms with E-state index in [0.717, 1.165) is 5.56 Å². The number of hydrogen-bond donors (Lipinski definition) is 2. The number of pyridine rings is 1. The Hall–Kier alpha value is -4.14. The average Bonchev–Trinajstić information content (AvgIpc) is 3.03. The van der Waals surface area contributed by atoms with Crippen molar-refractivity contribution in [2.75, 3.05) is 0 Å². The second-order valence-corrected chi connectivity index (χ2v) is 6.13. The van der Waals surface area contributed by atoms with Gasteiger partial charge in [0.05, 0.1) is 5.69 Å². The average molecular weight is 374 g/mol. The molecule has 0 aliphatic heterocycles. The van der Waals surface area contributed by atoms with Crippen LogP contribution in [0.4, 0.5) is 0 Å². The van der Waals surface area contributed by atoms with Gasteiger partial charge in [-0.3, -0.25) is 9.59 Å². The second kappa shape index (κ2) is 6.54. The van der Waals surface area contributed by atoms with E-state index < -0.39 is 11.6 Å². The number of benzene rings is 1. The Morgan fingerprint density at radius 2 is 1.86 bits per heavy atom. The first-order chi connectivity index (χ1) is 13.5. The highest BCUT2D eigenvalue weighted by Crippen LogP contribution is 2.21. The molecule has 0 aliphatic carbocycles. The van der Waals surface area contributed by atoms with Crippen LogP contribution in [-0.2, 0) is 0 Å². The molecular formula is C19H14N6O3. The topological polar surface area (TPSA) is 137 Å². The normalized spacial score (nSPS) is 10.9. The van der Waals surface area contributed by atoms with Crippen molar-refractivity contribution in [1.29, 1.82) is 0 Å². The highest BCUT2D eigenvalue weighted by atomic mass is 16.2. The van der Waals surface area contributed by atoms with Crippen LogP contribution in [0.25, 0.3) is 28.4 Å². The molecule has 3 aromatic heterocycles. The van der Waals surface area contributed by atoms with E-state index in [-0.39, 0.29) is 34.1 Å². The molecule has 0 saturated heterocycles. The number of rotatable bonds is 4. The van der Waals surface area contributed by atoms with Gasteiger partial charge in [0.1, 0.15) is 16.9 Å². The first kappa shape index (κ1) is 17.3. The minimum absolute atomic E-state index is 0.0739. The molecule has 1 aromatic carbocycles. The molecule has 0 radical (unpaired) electrons. The Kier molecular flexibility index (Phi) is 4.04. The van der Waals surface area contributed by atoms with Crippen molar-refractivity contribution >= 4 is 23.4 Å². The van der Waals surface area contributed by atoms with Crippen LogP contribution in [0.3, 0.4) is 0 Å². The van der Waals surface area contributed by atoms with Gasteiger partial charge in [-0.1, -0.05) is 23.8 Å². The molecule has 0 bridgehead atoms. The number of carbonyl (C=O) groups excluding carboxylic acids is 2. The highest BCUT2D eigenvalue weighted by Gasteiger charge is 2.20. The first-order valence-electron chi connectivity index (χ1n) is 8.30. The molecule has 4 rings (SSSR count). The van der Waals surface area contributed by atoms with E-state index in [2.05, 4.69) is 19.9 Å². The minimum atomic E-state index is -0.822. The summed E-state index contributed by atoms with van der Waals surface area (Å²) in [5, 5.41) is 0. The van der Waals surface area contributed by atoms with E-state index in [1.54, 1.807) is 24.3 Å². The number of H-pyrrole nitrogens is 1. The smallest absolute Gasteiger partial charge is 0.332 e. The maximum absolute atomic E-state index is 12.6. The van der Waals surface area contributed by atoms with Crippen LogP contribution in [0, 0.1) is 6.92 Å². The number of aldehydes is 1. The first-order valence-corrected chi connectivity index (χ1v) is 8.30. The SMILES string of the molecule is Cc1ccc(-n2c(=O)[nH]c3c(C(N)=O)nc(-c4cccc(C=O)n4)nc32)cc1. The molecule has 3 heterocycles. The number of fused-ring (bicyclic) bond motifs is 1. The van der Waals surface area contributed by atoms with E-state index in [9.17, 15) is 14.4 Å². The predicted molar refractivity (Wildman–Crippen MR) is 101 cm³/mol. The summed E-state index contributed by atoms with van der Waals surface area (Å²) in [6.07, 6.45) is 0.593. The van der Waals surface area contributed by atoms with Gasteiger partial charge in [0.25, 0.3) is 5.91 Å². The van der Waals surface area contributed by atoms with Crippen molar-refractivity contribution in [1.82, 2.24) is 24.5 Å². The molecule has 1 amide bonds. The van der Waals surface area contributed by atoms with Crippen LogP contribution < -0.4 is 11.4 Å². The number of aromatic nitrogens is 5. The number of aromatic amines is 1. The summed E-state index contributed by atoms with van der Waals surface area (Å²) in [6, 6.07) is 12.0. The molecule has 0 fully saturated rings. The molecule has 9 nitrogen and oxygen atoms in total. The summed E-state index contributed by atoms with van der Waals surface area (Å²) < 4.78 is 1.33. The number of carbonyl (C=O) groups is 2. The Morgan fingerprint density at radius 3 is 2.54 bits per heavy atom. The Bertz CT molecular complexity index is 1290. The number of imidazole rings is 1. The molecule has 138 valence electrons.